The number of hydrogen-bond acceptors (Lipinski definition) is 5. The third kappa shape index (κ3) is 4.00. The second-order valence-electron chi connectivity index (χ2n) is 9.03. The molecule has 3 heterocycles. The molecule has 4 aromatic rings. The average Bonchev–Trinajstić information content (AvgIpc) is 3.52. The van der Waals surface area contributed by atoms with Crippen LogP contribution in [0, 0.1) is 0 Å². The Morgan fingerprint density at radius 3 is 2.74 bits per heavy atom. The topological polar surface area (TPSA) is 48.8 Å². The van der Waals surface area contributed by atoms with Gasteiger partial charge in [0.15, 0.2) is 0 Å². The maximum absolute atomic E-state index is 15.3. The van der Waals surface area contributed by atoms with E-state index < -0.39 is 0 Å². The van der Waals surface area contributed by atoms with Gasteiger partial charge in [0, 0.05) is 18.3 Å². The molecule has 1 saturated heterocycles. The number of thiazole rings is 1. The van der Waals surface area contributed by atoms with Crippen molar-refractivity contribution in [2.45, 2.75) is 38.8 Å². The van der Waals surface area contributed by atoms with Crippen LogP contribution in [0.2, 0.25) is 0 Å². The number of nitrogens with zero attached hydrogens (tertiary/aromatic N) is 4. The predicted octanol–water partition coefficient (Wildman–Crippen LogP) is 6.74. The van der Waals surface area contributed by atoms with Gasteiger partial charge in [-0.15, -0.1) is 11.3 Å². The Labute approximate surface area is 207 Å². The van der Waals surface area contributed by atoms with Crippen molar-refractivity contribution in [1.82, 2.24) is 9.88 Å². The fraction of sp³-hybridized carbons (Fsp3) is 0.250. The van der Waals surface area contributed by atoms with E-state index in [1.165, 1.54) is 0 Å². The zero-order valence-electron chi connectivity index (χ0n) is 19.4. The first kappa shape index (κ1) is 21.9. The van der Waals surface area contributed by atoms with Gasteiger partial charge in [0.05, 0.1) is 39.7 Å². The molecular weight excluding hydrogens is 459 g/mol. The summed E-state index contributed by atoms with van der Waals surface area (Å²) in [6.45, 7) is 2.89. The highest BCUT2D eigenvalue weighted by Gasteiger charge is 2.32. The SMILES string of the molecule is CCc1cc2c(cc1CN(F)c1ccc(-c3nc4ccccc4s3)cc1)N=CC1CCCN1C2=O. The number of aryl methyl sites for hydroxylation is 1. The Bertz CT molecular complexity index is 1410. The van der Waals surface area contributed by atoms with E-state index in [9.17, 15) is 4.79 Å². The molecule has 1 aromatic heterocycles. The molecule has 7 heteroatoms. The molecule has 0 aliphatic carbocycles. The van der Waals surface area contributed by atoms with Crippen LogP contribution in [0.25, 0.3) is 20.8 Å². The number of halogens is 1. The smallest absolute Gasteiger partial charge is 0.256 e. The van der Waals surface area contributed by atoms with Crippen molar-refractivity contribution in [2.75, 3.05) is 11.7 Å². The molecule has 0 spiro atoms. The summed E-state index contributed by atoms with van der Waals surface area (Å²) in [5.41, 5.74) is 5.49. The fourth-order valence-corrected chi connectivity index (χ4v) is 5.92. The summed E-state index contributed by atoms with van der Waals surface area (Å²) in [6, 6.07) is 19.3. The molecule has 1 amide bonds. The quantitative estimate of drug-likeness (QED) is 0.295. The maximum atomic E-state index is 15.3. The van der Waals surface area contributed by atoms with E-state index in [4.69, 9.17) is 4.98 Å². The predicted molar refractivity (Wildman–Crippen MR) is 140 cm³/mol. The number of carbonyl (C=O) groups is 1. The van der Waals surface area contributed by atoms with Gasteiger partial charge < -0.3 is 4.90 Å². The van der Waals surface area contributed by atoms with Crippen molar-refractivity contribution in [2.24, 2.45) is 4.99 Å². The molecule has 1 fully saturated rings. The number of anilines is 1. The van der Waals surface area contributed by atoms with Crippen molar-refractivity contribution in [3.8, 4) is 10.6 Å². The Hall–Kier alpha value is -3.58. The van der Waals surface area contributed by atoms with E-state index in [1.54, 1.807) is 23.5 Å². The molecule has 2 aliphatic rings. The minimum Gasteiger partial charge on any atom is -0.331 e. The second-order valence-corrected chi connectivity index (χ2v) is 10.1. The number of rotatable bonds is 5. The van der Waals surface area contributed by atoms with Crippen LogP contribution in [0.4, 0.5) is 15.9 Å². The van der Waals surface area contributed by atoms with Gasteiger partial charge in [-0.05, 0) is 78.9 Å². The Morgan fingerprint density at radius 1 is 1.11 bits per heavy atom. The molecule has 0 N–H and O–H groups in total. The lowest BCUT2D eigenvalue weighted by atomic mass is 9.99. The molecule has 0 bridgehead atoms. The van der Waals surface area contributed by atoms with E-state index in [0.29, 0.717) is 23.4 Å². The summed E-state index contributed by atoms with van der Waals surface area (Å²) in [6.07, 6.45) is 4.54. The van der Waals surface area contributed by atoms with Crippen molar-refractivity contribution in [3.05, 3.63) is 77.4 Å². The lowest BCUT2D eigenvalue weighted by molar-refractivity contribution is 0.0775. The summed E-state index contributed by atoms with van der Waals surface area (Å²) >= 11 is 1.63. The lowest BCUT2D eigenvalue weighted by Gasteiger charge is -2.21. The summed E-state index contributed by atoms with van der Waals surface area (Å²) in [5, 5.41) is 1.67. The van der Waals surface area contributed by atoms with Crippen molar-refractivity contribution in [1.29, 1.82) is 0 Å². The van der Waals surface area contributed by atoms with Crippen LogP contribution in [0.5, 0.6) is 0 Å². The van der Waals surface area contributed by atoms with Gasteiger partial charge >= 0.3 is 0 Å². The van der Waals surface area contributed by atoms with Crippen LogP contribution in [-0.2, 0) is 13.0 Å². The molecule has 3 aromatic carbocycles. The first-order valence-corrected chi connectivity index (χ1v) is 12.8. The van der Waals surface area contributed by atoms with E-state index >= 15 is 4.48 Å². The van der Waals surface area contributed by atoms with Crippen LogP contribution in [0.3, 0.4) is 0 Å². The van der Waals surface area contributed by atoms with Crippen LogP contribution in [0.1, 0.15) is 41.3 Å². The number of aliphatic imine (C=N–C) groups is 1. The highest BCUT2D eigenvalue weighted by Crippen LogP contribution is 2.34. The first-order chi connectivity index (χ1) is 17.1. The zero-order valence-corrected chi connectivity index (χ0v) is 20.3. The highest BCUT2D eigenvalue weighted by atomic mass is 32.1. The van der Waals surface area contributed by atoms with E-state index in [2.05, 4.69) is 11.1 Å². The minimum absolute atomic E-state index is 0.0313. The minimum atomic E-state index is 0.0313. The normalized spacial score (nSPS) is 16.9. The third-order valence-corrected chi connectivity index (χ3v) is 7.96. The molecule has 1 unspecified atom stereocenters. The number of carbonyl (C=O) groups excluding carboxylic acids is 1. The number of fused-ring (bicyclic) bond motifs is 3. The molecule has 0 saturated carbocycles. The van der Waals surface area contributed by atoms with Gasteiger partial charge in [0.1, 0.15) is 5.01 Å². The maximum Gasteiger partial charge on any atom is 0.256 e. The summed E-state index contributed by atoms with van der Waals surface area (Å²) in [5.74, 6) is 0.0313. The molecule has 35 heavy (non-hydrogen) atoms. The molecule has 6 rings (SSSR count). The molecule has 176 valence electrons. The van der Waals surface area contributed by atoms with E-state index in [-0.39, 0.29) is 18.5 Å². The summed E-state index contributed by atoms with van der Waals surface area (Å²) in [7, 11) is 0. The van der Waals surface area contributed by atoms with Gasteiger partial charge in [0.2, 0.25) is 0 Å². The Balaban J connectivity index is 1.25. The highest BCUT2D eigenvalue weighted by molar-refractivity contribution is 7.21. The van der Waals surface area contributed by atoms with Gasteiger partial charge in [-0.25, -0.2) is 10.1 Å². The standard InChI is InChI=1S/C28H25FN4OS/c1-2-18-14-23-25(30-16-22-6-5-13-32(22)28(23)34)15-20(18)17-33(29)21-11-9-19(10-12-21)27-31-24-7-3-4-8-26(24)35-27/h3-4,7-12,14-16,22H,2,5-6,13,17H2,1H3. The van der Waals surface area contributed by atoms with E-state index in [0.717, 1.165) is 56.4 Å². The van der Waals surface area contributed by atoms with Crippen LogP contribution < -0.4 is 5.12 Å². The molecule has 5 nitrogen and oxygen atoms in total. The van der Waals surface area contributed by atoms with Gasteiger partial charge in [-0.1, -0.05) is 23.5 Å². The van der Waals surface area contributed by atoms with Crippen molar-refractivity contribution in [3.63, 3.8) is 0 Å². The van der Waals surface area contributed by atoms with Crippen LogP contribution in [-0.4, -0.2) is 34.6 Å². The molecular formula is C28H25FN4OS. The van der Waals surface area contributed by atoms with Gasteiger partial charge in [-0.3, -0.25) is 9.79 Å². The monoisotopic (exact) mass is 484 g/mol. The lowest BCUT2D eigenvalue weighted by Crippen LogP contribution is -2.35. The second kappa shape index (κ2) is 8.89. The fourth-order valence-electron chi connectivity index (χ4n) is 4.95. The summed E-state index contributed by atoms with van der Waals surface area (Å²) < 4.78 is 16.5. The van der Waals surface area contributed by atoms with Gasteiger partial charge in [0.25, 0.3) is 5.91 Å². The largest absolute Gasteiger partial charge is 0.331 e. The van der Waals surface area contributed by atoms with E-state index in [1.807, 2.05) is 60.5 Å². The molecule has 1 atom stereocenters. The summed E-state index contributed by atoms with van der Waals surface area (Å²) in [4.78, 5) is 24.3. The number of amides is 1. The van der Waals surface area contributed by atoms with Crippen LogP contribution in [0.15, 0.2) is 65.7 Å². The Morgan fingerprint density at radius 2 is 1.94 bits per heavy atom. The third-order valence-electron chi connectivity index (χ3n) is 6.87. The van der Waals surface area contributed by atoms with Crippen LogP contribution >= 0.6 is 11.3 Å². The van der Waals surface area contributed by atoms with Gasteiger partial charge in [-0.2, -0.15) is 0 Å². The number of hydrogen-bond donors (Lipinski definition) is 0. The van der Waals surface area contributed by atoms with Crippen molar-refractivity contribution >= 4 is 45.0 Å². The molecule has 2 aliphatic heterocycles. The first-order valence-electron chi connectivity index (χ1n) is 12.0. The van der Waals surface area contributed by atoms with Crippen molar-refractivity contribution < 1.29 is 9.28 Å². The number of aromatic nitrogens is 1. The number of benzene rings is 3. The molecule has 0 radical (unpaired) electrons. The Kier molecular flexibility index (Phi) is 5.57. The number of para-hydroxylation sites is 1. The zero-order chi connectivity index (χ0) is 23.9. The average molecular weight is 485 g/mol.